The van der Waals surface area contributed by atoms with E-state index in [9.17, 15) is 18.0 Å². The smallest absolute Gasteiger partial charge is 0.407 e. The first-order chi connectivity index (χ1) is 7.85. The molecule has 8 heteroatoms. The Hall–Kier alpha value is -1.31. The van der Waals surface area contributed by atoms with E-state index >= 15 is 0 Å². The van der Waals surface area contributed by atoms with Gasteiger partial charge in [0.05, 0.1) is 18.6 Å². The summed E-state index contributed by atoms with van der Waals surface area (Å²) in [7, 11) is -0.280. The second kappa shape index (κ2) is 5.35. The summed E-state index contributed by atoms with van der Waals surface area (Å²) in [6, 6.07) is -0.299. The standard InChI is InChI=1S/C9H16N2O5S/c1-11(7-3-4-17(14,15)6-7)8(12)5-10-9(13)16-2/h7H,3-6H2,1-2H3,(H,10,13)/t7-/m0/s1. The number of nitrogens with one attached hydrogen (secondary N) is 1. The van der Waals surface area contributed by atoms with Gasteiger partial charge in [-0.25, -0.2) is 13.2 Å². The van der Waals surface area contributed by atoms with Crippen molar-refractivity contribution < 1.29 is 22.7 Å². The molecule has 1 aliphatic rings. The first-order valence-electron chi connectivity index (χ1n) is 5.13. The Kier molecular flexibility index (Phi) is 4.33. The lowest BCUT2D eigenvalue weighted by atomic mass is 10.2. The van der Waals surface area contributed by atoms with Gasteiger partial charge >= 0.3 is 6.09 Å². The highest BCUT2D eigenvalue weighted by Crippen LogP contribution is 2.16. The molecule has 0 spiro atoms. The van der Waals surface area contributed by atoms with Crippen LogP contribution in [0.4, 0.5) is 4.79 Å². The minimum Gasteiger partial charge on any atom is -0.453 e. The molecule has 0 saturated carbocycles. The molecule has 1 N–H and O–H groups in total. The summed E-state index contributed by atoms with van der Waals surface area (Å²) in [4.78, 5) is 23.7. The predicted molar refractivity (Wildman–Crippen MR) is 60.2 cm³/mol. The van der Waals surface area contributed by atoms with E-state index in [1.165, 1.54) is 19.1 Å². The molecule has 0 radical (unpaired) electrons. The fourth-order valence-corrected chi connectivity index (χ4v) is 3.40. The highest BCUT2D eigenvalue weighted by atomic mass is 32.2. The molecule has 1 rings (SSSR count). The lowest BCUT2D eigenvalue weighted by molar-refractivity contribution is -0.130. The number of likely N-dealkylation sites (N-methyl/N-ethyl adjacent to an activating group) is 1. The fourth-order valence-electron chi connectivity index (χ4n) is 1.63. The number of alkyl carbamates (subject to hydrolysis) is 1. The Morgan fingerprint density at radius 1 is 1.47 bits per heavy atom. The van der Waals surface area contributed by atoms with Crippen molar-refractivity contribution in [1.82, 2.24) is 10.2 Å². The zero-order chi connectivity index (χ0) is 13.1. The van der Waals surface area contributed by atoms with E-state index in [-0.39, 0.29) is 30.0 Å². The van der Waals surface area contributed by atoms with E-state index in [0.29, 0.717) is 6.42 Å². The van der Waals surface area contributed by atoms with Crippen LogP contribution in [0, 0.1) is 0 Å². The van der Waals surface area contributed by atoms with Crippen LogP contribution >= 0.6 is 0 Å². The maximum absolute atomic E-state index is 11.6. The third-order valence-electron chi connectivity index (χ3n) is 2.72. The summed E-state index contributed by atoms with van der Waals surface area (Å²) in [5, 5.41) is 2.26. The van der Waals surface area contributed by atoms with Crippen LogP contribution in [0.3, 0.4) is 0 Å². The number of methoxy groups -OCH3 is 1. The number of ether oxygens (including phenoxy) is 1. The van der Waals surface area contributed by atoms with Gasteiger partial charge in [0.1, 0.15) is 6.54 Å². The van der Waals surface area contributed by atoms with Gasteiger partial charge in [0.2, 0.25) is 5.91 Å². The number of nitrogens with zero attached hydrogens (tertiary/aromatic N) is 1. The number of hydrogen-bond acceptors (Lipinski definition) is 5. The number of rotatable bonds is 3. The zero-order valence-electron chi connectivity index (χ0n) is 9.80. The van der Waals surface area contributed by atoms with Crippen LogP contribution in [-0.2, 0) is 19.4 Å². The maximum atomic E-state index is 11.6. The number of hydrogen-bond donors (Lipinski definition) is 1. The molecule has 1 saturated heterocycles. The van der Waals surface area contributed by atoms with Gasteiger partial charge in [-0.1, -0.05) is 0 Å². The minimum atomic E-state index is -3.02. The van der Waals surface area contributed by atoms with Crippen LogP contribution in [0.5, 0.6) is 0 Å². The van der Waals surface area contributed by atoms with Gasteiger partial charge in [-0.2, -0.15) is 0 Å². The number of carbonyl (C=O) groups excluding carboxylic acids is 2. The molecule has 98 valence electrons. The van der Waals surface area contributed by atoms with Crippen LogP contribution in [0.2, 0.25) is 0 Å². The molecule has 0 aromatic carbocycles. The van der Waals surface area contributed by atoms with Gasteiger partial charge in [0.25, 0.3) is 0 Å². The van der Waals surface area contributed by atoms with Gasteiger partial charge in [0.15, 0.2) is 9.84 Å². The van der Waals surface area contributed by atoms with Gasteiger partial charge < -0.3 is 15.0 Å². The quantitative estimate of drug-likeness (QED) is 0.705. The van der Waals surface area contributed by atoms with Crippen molar-refractivity contribution in [3.8, 4) is 0 Å². The molecular weight excluding hydrogens is 248 g/mol. The predicted octanol–water partition coefficient (Wildman–Crippen LogP) is -1.01. The first kappa shape index (κ1) is 13.8. The molecule has 0 aromatic heterocycles. The van der Waals surface area contributed by atoms with Crippen molar-refractivity contribution in [3.63, 3.8) is 0 Å². The summed E-state index contributed by atoms with van der Waals surface area (Å²) in [5.41, 5.74) is 0. The van der Waals surface area contributed by atoms with Crippen LogP contribution in [0.25, 0.3) is 0 Å². The molecule has 0 bridgehead atoms. The lowest BCUT2D eigenvalue weighted by Gasteiger charge is -2.23. The number of sulfone groups is 1. The number of carbonyl (C=O) groups is 2. The van der Waals surface area contributed by atoms with E-state index in [1.54, 1.807) is 0 Å². The monoisotopic (exact) mass is 264 g/mol. The highest BCUT2D eigenvalue weighted by Gasteiger charge is 2.32. The molecule has 17 heavy (non-hydrogen) atoms. The molecule has 1 fully saturated rings. The van der Waals surface area contributed by atoms with E-state index in [1.807, 2.05) is 0 Å². The normalized spacial score (nSPS) is 21.9. The molecule has 0 aliphatic carbocycles. The molecular formula is C9H16N2O5S. The third kappa shape index (κ3) is 3.88. The highest BCUT2D eigenvalue weighted by molar-refractivity contribution is 7.91. The van der Waals surface area contributed by atoms with E-state index in [2.05, 4.69) is 10.1 Å². The number of amides is 2. The van der Waals surface area contributed by atoms with Crippen LogP contribution < -0.4 is 5.32 Å². The summed E-state index contributed by atoms with van der Waals surface area (Å²) >= 11 is 0. The Labute approximate surface area is 100 Å². The molecule has 2 amide bonds. The van der Waals surface area contributed by atoms with Crippen molar-refractivity contribution in [2.75, 3.05) is 32.2 Å². The Morgan fingerprint density at radius 3 is 2.59 bits per heavy atom. The summed E-state index contributed by atoms with van der Waals surface area (Å²) in [6.07, 6.45) is -0.242. The third-order valence-corrected chi connectivity index (χ3v) is 4.47. The van der Waals surface area contributed by atoms with E-state index in [0.717, 1.165) is 0 Å². The largest absolute Gasteiger partial charge is 0.453 e. The van der Waals surface area contributed by atoms with Crippen molar-refractivity contribution in [1.29, 1.82) is 0 Å². The molecule has 1 heterocycles. The second-order valence-corrected chi connectivity index (χ2v) is 6.14. The molecule has 0 aromatic rings. The zero-order valence-corrected chi connectivity index (χ0v) is 10.6. The average molecular weight is 264 g/mol. The molecule has 0 unspecified atom stereocenters. The van der Waals surface area contributed by atoms with E-state index < -0.39 is 15.9 Å². The van der Waals surface area contributed by atoms with Crippen molar-refractivity contribution >= 4 is 21.8 Å². The van der Waals surface area contributed by atoms with Gasteiger partial charge in [-0.3, -0.25) is 4.79 Å². The Morgan fingerprint density at radius 2 is 2.12 bits per heavy atom. The molecule has 7 nitrogen and oxygen atoms in total. The minimum absolute atomic E-state index is 0.00648. The van der Waals surface area contributed by atoms with Gasteiger partial charge in [0, 0.05) is 13.1 Å². The van der Waals surface area contributed by atoms with E-state index in [4.69, 9.17) is 0 Å². The lowest BCUT2D eigenvalue weighted by Crippen LogP contribution is -2.43. The van der Waals surface area contributed by atoms with Crippen LogP contribution in [0.15, 0.2) is 0 Å². The SMILES string of the molecule is COC(=O)NCC(=O)N(C)[C@H]1CCS(=O)(=O)C1. The van der Waals surface area contributed by atoms with Crippen LogP contribution in [-0.4, -0.2) is 63.6 Å². The molecule has 1 atom stereocenters. The van der Waals surface area contributed by atoms with Crippen LogP contribution in [0.1, 0.15) is 6.42 Å². The van der Waals surface area contributed by atoms with Crippen molar-refractivity contribution in [3.05, 3.63) is 0 Å². The maximum Gasteiger partial charge on any atom is 0.407 e. The first-order valence-corrected chi connectivity index (χ1v) is 6.96. The average Bonchev–Trinajstić information content (AvgIpc) is 2.64. The van der Waals surface area contributed by atoms with Gasteiger partial charge in [-0.15, -0.1) is 0 Å². The topological polar surface area (TPSA) is 92.8 Å². The Balaban J connectivity index is 2.45. The Bertz CT molecular complexity index is 406. The van der Waals surface area contributed by atoms with Gasteiger partial charge in [-0.05, 0) is 6.42 Å². The summed E-state index contributed by atoms with van der Waals surface area (Å²) < 4.78 is 26.8. The summed E-state index contributed by atoms with van der Waals surface area (Å²) in [5.74, 6) is -0.231. The van der Waals surface area contributed by atoms with Crippen molar-refractivity contribution in [2.45, 2.75) is 12.5 Å². The fraction of sp³-hybridized carbons (Fsp3) is 0.778. The second-order valence-electron chi connectivity index (χ2n) is 3.91. The summed E-state index contributed by atoms with van der Waals surface area (Å²) in [6.45, 7) is -0.195. The molecule has 1 aliphatic heterocycles. The van der Waals surface area contributed by atoms with Crippen molar-refractivity contribution in [2.24, 2.45) is 0 Å².